The lowest BCUT2D eigenvalue weighted by Crippen LogP contribution is -2.56. The number of aliphatic hydroxyl groups is 2. The third kappa shape index (κ3) is 11.1. The van der Waals surface area contributed by atoms with Gasteiger partial charge >= 0.3 is 12.2 Å². The van der Waals surface area contributed by atoms with E-state index < -0.39 is 36.5 Å². The Balaban J connectivity index is 1.98. The first-order valence-electron chi connectivity index (χ1n) is 11.7. The molecule has 0 fully saturated rings. The smallest absolute Gasteiger partial charge is 0.407 e. The first kappa shape index (κ1) is 29.8. The number of alkyl carbamates (subject to hydrolysis) is 2. The summed E-state index contributed by atoms with van der Waals surface area (Å²) in [5, 5.41) is 27.4. The van der Waals surface area contributed by atoms with Crippen molar-refractivity contribution in [1.82, 2.24) is 10.6 Å². The zero-order valence-corrected chi connectivity index (χ0v) is 22.3. The predicted octanol–water partition coefficient (Wildman–Crippen LogP) is 3.80. The highest BCUT2D eigenvalue weighted by Gasteiger charge is 2.34. The number of benzene rings is 2. The van der Waals surface area contributed by atoms with Gasteiger partial charge in [-0.25, -0.2) is 9.59 Å². The lowest BCUT2D eigenvalue weighted by molar-refractivity contribution is -0.0250. The maximum absolute atomic E-state index is 12.4. The predicted molar refractivity (Wildman–Crippen MR) is 145 cm³/mol. The number of carbonyl (C=O) groups excluding carboxylic acids is 2. The Labute approximate surface area is 221 Å². The molecule has 198 valence electrons. The van der Waals surface area contributed by atoms with Gasteiger partial charge in [0.1, 0.15) is 25.4 Å². The standard InChI is InChI=1S/C26H36N2O6S2/c1-35-15-13-21(27-25(31)33-17-19-9-5-3-6-10-19)23(29)24(30)22(14-16-36-2)28-26(32)34-18-20-11-7-4-8-12-20/h3-12,21-24,29-30H,13-18H2,1-2H3,(H,27,31)(H,28,32)/t21-,22-,23+,24+/m1/s1. The van der Waals surface area contributed by atoms with Crippen LogP contribution in [0.3, 0.4) is 0 Å². The van der Waals surface area contributed by atoms with E-state index in [9.17, 15) is 19.8 Å². The van der Waals surface area contributed by atoms with Crippen molar-refractivity contribution in [2.24, 2.45) is 0 Å². The van der Waals surface area contributed by atoms with E-state index in [1.54, 1.807) is 23.5 Å². The van der Waals surface area contributed by atoms with Crippen LogP contribution in [-0.2, 0) is 22.7 Å². The topological polar surface area (TPSA) is 117 Å². The lowest BCUT2D eigenvalue weighted by atomic mass is 9.96. The molecule has 0 bridgehead atoms. The van der Waals surface area contributed by atoms with E-state index in [4.69, 9.17) is 9.47 Å². The fourth-order valence-electron chi connectivity index (χ4n) is 3.45. The van der Waals surface area contributed by atoms with Gasteiger partial charge in [-0.05, 0) is 48.0 Å². The molecule has 10 heteroatoms. The van der Waals surface area contributed by atoms with Crippen molar-refractivity contribution in [3.8, 4) is 0 Å². The summed E-state index contributed by atoms with van der Waals surface area (Å²) in [7, 11) is 0. The normalized spacial score (nSPS) is 14.2. The number of ether oxygens (including phenoxy) is 2. The Bertz CT molecular complexity index is 817. The first-order valence-corrected chi connectivity index (χ1v) is 14.5. The molecule has 4 atom stereocenters. The van der Waals surface area contributed by atoms with E-state index in [2.05, 4.69) is 10.6 Å². The van der Waals surface area contributed by atoms with E-state index in [1.165, 1.54) is 0 Å². The van der Waals surface area contributed by atoms with E-state index in [-0.39, 0.29) is 13.2 Å². The molecule has 0 aliphatic carbocycles. The molecule has 0 aromatic heterocycles. The van der Waals surface area contributed by atoms with Crippen LogP contribution in [0.2, 0.25) is 0 Å². The lowest BCUT2D eigenvalue weighted by Gasteiger charge is -2.32. The van der Waals surface area contributed by atoms with Gasteiger partial charge in [-0.2, -0.15) is 23.5 Å². The summed E-state index contributed by atoms with van der Waals surface area (Å²) >= 11 is 3.11. The molecule has 0 radical (unpaired) electrons. The maximum Gasteiger partial charge on any atom is 0.407 e. The molecule has 0 unspecified atom stereocenters. The number of carbonyl (C=O) groups is 2. The van der Waals surface area contributed by atoms with Gasteiger partial charge in [0, 0.05) is 0 Å². The van der Waals surface area contributed by atoms with Crippen LogP contribution in [0.15, 0.2) is 60.7 Å². The van der Waals surface area contributed by atoms with Crippen LogP contribution in [0, 0.1) is 0 Å². The third-order valence-corrected chi connectivity index (χ3v) is 6.76. The van der Waals surface area contributed by atoms with Gasteiger partial charge < -0.3 is 30.3 Å². The molecule has 0 spiro atoms. The Morgan fingerprint density at radius 2 is 1.08 bits per heavy atom. The number of hydrogen-bond acceptors (Lipinski definition) is 8. The quantitative estimate of drug-likeness (QED) is 0.272. The summed E-state index contributed by atoms with van der Waals surface area (Å²) in [6, 6.07) is 17.0. The number of rotatable bonds is 15. The number of nitrogens with one attached hydrogen (secondary N) is 2. The summed E-state index contributed by atoms with van der Waals surface area (Å²) in [4.78, 5) is 24.9. The van der Waals surface area contributed by atoms with Crippen molar-refractivity contribution in [3.05, 3.63) is 71.8 Å². The van der Waals surface area contributed by atoms with Crippen molar-refractivity contribution in [2.75, 3.05) is 24.0 Å². The average molecular weight is 537 g/mol. The highest BCUT2D eigenvalue weighted by Crippen LogP contribution is 2.15. The maximum atomic E-state index is 12.4. The number of hydrogen-bond donors (Lipinski definition) is 4. The zero-order chi connectivity index (χ0) is 26.2. The molecule has 2 rings (SSSR count). The molecule has 0 heterocycles. The fourth-order valence-corrected chi connectivity index (χ4v) is 4.43. The van der Waals surface area contributed by atoms with E-state index in [1.807, 2.05) is 73.2 Å². The SMILES string of the molecule is CSCC[C@@H](NC(=O)OCc1ccccc1)[C@H](O)[C@@H](O)[C@@H](CCSC)NC(=O)OCc1ccccc1. The van der Waals surface area contributed by atoms with Crippen LogP contribution in [0.4, 0.5) is 9.59 Å². The molecule has 0 aliphatic heterocycles. The van der Waals surface area contributed by atoms with Crippen molar-refractivity contribution >= 4 is 35.7 Å². The van der Waals surface area contributed by atoms with Gasteiger partial charge in [-0.3, -0.25) is 0 Å². The van der Waals surface area contributed by atoms with Crippen LogP contribution in [0.25, 0.3) is 0 Å². The number of amides is 2. The molecular formula is C26H36N2O6S2. The molecule has 4 N–H and O–H groups in total. The van der Waals surface area contributed by atoms with Crippen LogP contribution in [-0.4, -0.2) is 70.7 Å². The third-order valence-electron chi connectivity index (χ3n) is 5.47. The second-order valence-electron chi connectivity index (χ2n) is 8.17. The molecule has 0 saturated heterocycles. The van der Waals surface area contributed by atoms with Gasteiger partial charge in [0.05, 0.1) is 12.1 Å². The Hall–Kier alpha value is -2.40. The van der Waals surface area contributed by atoms with Crippen molar-refractivity contribution in [3.63, 3.8) is 0 Å². The van der Waals surface area contributed by atoms with Crippen LogP contribution in [0.5, 0.6) is 0 Å². The minimum absolute atomic E-state index is 0.0890. The van der Waals surface area contributed by atoms with Crippen molar-refractivity contribution in [2.45, 2.75) is 50.3 Å². The largest absolute Gasteiger partial charge is 0.445 e. The molecule has 36 heavy (non-hydrogen) atoms. The van der Waals surface area contributed by atoms with Gasteiger partial charge in [0.15, 0.2) is 0 Å². The summed E-state index contributed by atoms with van der Waals surface area (Å²) in [5.74, 6) is 1.30. The molecule has 0 aliphatic rings. The number of aliphatic hydroxyl groups excluding tert-OH is 2. The summed E-state index contributed by atoms with van der Waals surface area (Å²) in [5.41, 5.74) is 1.67. The summed E-state index contributed by atoms with van der Waals surface area (Å²) in [6.45, 7) is 0.178. The molecule has 2 aromatic rings. The van der Waals surface area contributed by atoms with Gasteiger partial charge in [0.25, 0.3) is 0 Å². The summed E-state index contributed by atoms with van der Waals surface area (Å²) < 4.78 is 10.6. The fraction of sp³-hybridized carbons (Fsp3) is 0.462. The van der Waals surface area contributed by atoms with Gasteiger partial charge in [-0.15, -0.1) is 0 Å². The van der Waals surface area contributed by atoms with Gasteiger partial charge in [-0.1, -0.05) is 60.7 Å². The van der Waals surface area contributed by atoms with Crippen molar-refractivity contribution < 1.29 is 29.3 Å². The summed E-state index contributed by atoms with van der Waals surface area (Å²) in [6.07, 6.45) is 0.615. The van der Waals surface area contributed by atoms with Crippen LogP contribution in [0.1, 0.15) is 24.0 Å². The number of thioether (sulfide) groups is 2. The second kappa shape index (κ2) is 17.1. The zero-order valence-electron chi connectivity index (χ0n) is 20.7. The molecule has 2 amide bonds. The molecule has 8 nitrogen and oxygen atoms in total. The second-order valence-corrected chi connectivity index (χ2v) is 10.1. The van der Waals surface area contributed by atoms with E-state index >= 15 is 0 Å². The van der Waals surface area contributed by atoms with E-state index in [0.29, 0.717) is 24.3 Å². The molecule has 0 saturated carbocycles. The first-order chi connectivity index (χ1) is 17.4. The highest BCUT2D eigenvalue weighted by atomic mass is 32.2. The van der Waals surface area contributed by atoms with Gasteiger partial charge in [0.2, 0.25) is 0 Å². The van der Waals surface area contributed by atoms with Crippen LogP contribution < -0.4 is 10.6 Å². The molecule has 2 aromatic carbocycles. The Morgan fingerprint density at radius 3 is 1.42 bits per heavy atom. The monoisotopic (exact) mass is 536 g/mol. The Morgan fingerprint density at radius 1 is 0.722 bits per heavy atom. The van der Waals surface area contributed by atoms with Crippen molar-refractivity contribution in [1.29, 1.82) is 0 Å². The average Bonchev–Trinajstić information content (AvgIpc) is 2.91. The minimum atomic E-state index is -1.33. The minimum Gasteiger partial charge on any atom is -0.445 e. The molecular weight excluding hydrogens is 500 g/mol. The Kier molecular flexibility index (Phi) is 14.2. The highest BCUT2D eigenvalue weighted by molar-refractivity contribution is 7.98. The van der Waals surface area contributed by atoms with Crippen LogP contribution >= 0.6 is 23.5 Å². The van der Waals surface area contributed by atoms with E-state index in [0.717, 1.165) is 11.1 Å².